The Morgan fingerprint density at radius 1 is 1.03 bits per heavy atom. The van der Waals surface area contributed by atoms with Gasteiger partial charge in [0.15, 0.2) is 5.76 Å². The molecule has 2 aromatic heterocycles. The topological polar surface area (TPSA) is 89.7 Å². The zero-order valence-corrected chi connectivity index (χ0v) is 17.8. The molecule has 0 bridgehead atoms. The molecule has 0 spiro atoms. The second kappa shape index (κ2) is 8.33. The molecule has 0 unspecified atom stereocenters. The van der Waals surface area contributed by atoms with E-state index in [1.165, 1.54) is 26.2 Å². The van der Waals surface area contributed by atoms with E-state index in [0.29, 0.717) is 33.5 Å². The maximum absolute atomic E-state index is 12.9. The Labute approximate surface area is 179 Å². The fraction of sp³-hybridized carbons (Fsp3) is 0.130. The van der Waals surface area contributed by atoms with Crippen LogP contribution in [0.15, 0.2) is 82.3 Å². The number of para-hydroxylation sites is 1. The Balaban J connectivity index is 1.63. The number of esters is 1. The summed E-state index contributed by atoms with van der Waals surface area (Å²) < 4.78 is 36.8. The van der Waals surface area contributed by atoms with Crippen LogP contribution in [0.4, 0.5) is 0 Å². The number of aromatic nitrogens is 1. The number of hydrogen-bond donors (Lipinski definition) is 0. The number of rotatable bonds is 6. The standard InChI is InChI=1S/C23H20N2O5S/c1-25(2)31(27,28)17-8-5-7-16(13-17)15-30-23(26)19-14-21(22-11-6-12-29-22)24-20-10-4-3-9-18(19)20/h3-14H,15H2,1-2H3. The predicted molar refractivity (Wildman–Crippen MR) is 116 cm³/mol. The molecule has 2 heterocycles. The van der Waals surface area contributed by atoms with Gasteiger partial charge in [0, 0.05) is 19.5 Å². The van der Waals surface area contributed by atoms with E-state index >= 15 is 0 Å². The molecule has 0 N–H and O–H groups in total. The van der Waals surface area contributed by atoms with Gasteiger partial charge >= 0.3 is 5.97 Å². The third kappa shape index (κ3) is 4.21. The Kier molecular flexibility index (Phi) is 5.58. The third-order valence-corrected chi connectivity index (χ3v) is 6.57. The SMILES string of the molecule is CN(C)S(=O)(=O)c1cccc(COC(=O)c2cc(-c3ccco3)nc3ccccc23)c1. The zero-order chi connectivity index (χ0) is 22.0. The van der Waals surface area contributed by atoms with Crippen molar-refractivity contribution in [2.45, 2.75) is 11.5 Å². The van der Waals surface area contributed by atoms with Gasteiger partial charge in [-0.25, -0.2) is 22.5 Å². The smallest absolute Gasteiger partial charge is 0.339 e. The average Bonchev–Trinajstić information content (AvgIpc) is 3.32. The van der Waals surface area contributed by atoms with E-state index in [0.717, 1.165) is 4.31 Å². The molecule has 31 heavy (non-hydrogen) atoms. The van der Waals surface area contributed by atoms with E-state index in [9.17, 15) is 13.2 Å². The first kappa shape index (κ1) is 20.8. The molecule has 0 aliphatic carbocycles. The van der Waals surface area contributed by atoms with Crippen molar-refractivity contribution in [3.63, 3.8) is 0 Å². The molecule has 0 saturated carbocycles. The van der Waals surface area contributed by atoms with Crippen LogP contribution >= 0.6 is 0 Å². The summed E-state index contributed by atoms with van der Waals surface area (Å²) in [5.74, 6) is 0.00803. The lowest BCUT2D eigenvalue weighted by molar-refractivity contribution is 0.0475. The number of carbonyl (C=O) groups is 1. The fourth-order valence-electron chi connectivity index (χ4n) is 3.13. The van der Waals surface area contributed by atoms with Crippen LogP contribution in [0.25, 0.3) is 22.4 Å². The molecule has 4 rings (SSSR count). The molecule has 158 valence electrons. The molecule has 0 saturated heterocycles. The van der Waals surface area contributed by atoms with Crippen LogP contribution in [0.5, 0.6) is 0 Å². The molecule has 8 heteroatoms. The molecule has 7 nitrogen and oxygen atoms in total. The van der Waals surface area contributed by atoms with Crippen molar-refractivity contribution in [1.82, 2.24) is 9.29 Å². The van der Waals surface area contributed by atoms with E-state index in [4.69, 9.17) is 9.15 Å². The third-order valence-electron chi connectivity index (χ3n) is 4.76. The maximum Gasteiger partial charge on any atom is 0.339 e. The number of furan rings is 1. The summed E-state index contributed by atoms with van der Waals surface area (Å²) >= 11 is 0. The molecule has 0 fully saturated rings. The second-order valence-electron chi connectivity index (χ2n) is 7.06. The highest BCUT2D eigenvalue weighted by Crippen LogP contribution is 2.26. The molecule has 0 amide bonds. The summed E-state index contributed by atoms with van der Waals surface area (Å²) in [5.41, 5.74) is 2.09. The van der Waals surface area contributed by atoms with Gasteiger partial charge in [-0.05, 0) is 42.0 Å². The Bertz CT molecular complexity index is 1350. The van der Waals surface area contributed by atoms with Crippen LogP contribution in [-0.4, -0.2) is 37.8 Å². The number of carbonyl (C=O) groups excluding carboxylic acids is 1. The first-order chi connectivity index (χ1) is 14.9. The number of hydrogen-bond acceptors (Lipinski definition) is 6. The molecule has 0 atom stereocenters. The van der Waals surface area contributed by atoms with Crippen molar-refractivity contribution in [3.05, 3.63) is 84.1 Å². The van der Waals surface area contributed by atoms with E-state index in [2.05, 4.69) is 4.98 Å². The van der Waals surface area contributed by atoms with E-state index in [-0.39, 0.29) is 11.5 Å². The van der Waals surface area contributed by atoms with Crippen molar-refractivity contribution in [3.8, 4) is 11.5 Å². The van der Waals surface area contributed by atoms with Gasteiger partial charge in [0.05, 0.1) is 22.2 Å². The van der Waals surface area contributed by atoms with Crippen LogP contribution in [0.1, 0.15) is 15.9 Å². The Morgan fingerprint density at radius 2 is 1.84 bits per heavy atom. The number of pyridine rings is 1. The lowest BCUT2D eigenvalue weighted by Crippen LogP contribution is -2.22. The number of fused-ring (bicyclic) bond motifs is 1. The number of ether oxygens (including phenoxy) is 1. The maximum atomic E-state index is 12.9. The van der Waals surface area contributed by atoms with Crippen molar-refractivity contribution >= 4 is 26.9 Å². The van der Waals surface area contributed by atoms with Crippen molar-refractivity contribution in [2.75, 3.05) is 14.1 Å². The summed E-state index contributed by atoms with van der Waals surface area (Å²) in [5, 5.41) is 0.659. The number of benzene rings is 2. The van der Waals surface area contributed by atoms with Gasteiger partial charge in [0.2, 0.25) is 10.0 Å². The quantitative estimate of drug-likeness (QED) is 0.423. The van der Waals surface area contributed by atoms with Crippen LogP contribution in [0.2, 0.25) is 0 Å². The number of sulfonamides is 1. The minimum absolute atomic E-state index is 0.0671. The monoisotopic (exact) mass is 436 g/mol. The average molecular weight is 436 g/mol. The molecule has 4 aromatic rings. The van der Waals surface area contributed by atoms with Gasteiger partial charge in [-0.15, -0.1) is 0 Å². The summed E-state index contributed by atoms with van der Waals surface area (Å²) in [4.78, 5) is 17.6. The first-order valence-corrected chi connectivity index (χ1v) is 10.9. The first-order valence-electron chi connectivity index (χ1n) is 9.48. The van der Waals surface area contributed by atoms with E-state index in [1.54, 1.807) is 42.7 Å². The highest BCUT2D eigenvalue weighted by Gasteiger charge is 2.19. The summed E-state index contributed by atoms with van der Waals surface area (Å²) in [6.07, 6.45) is 1.54. The summed E-state index contributed by atoms with van der Waals surface area (Å²) in [6, 6.07) is 18.8. The largest absolute Gasteiger partial charge is 0.463 e. The molecular formula is C23H20N2O5S. The summed E-state index contributed by atoms with van der Waals surface area (Å²) in [6.45, 7) is -0.0671. The van der Waals surface area contributed by atoms with E-state index < -0.39 is 16.0 Å². The van der Waals surface area contributed by atoms with Gasteiger partial charge < -0.3 is 9.15 Å². The lowest BCUT2D eigenvalue weighted by Gasteiger charge is -2.13. The minimum Gasteiger partial charge on any atom is -0.463 e. The number of nitrogens with zero attached hydrogens (tertiary/aromatic N) is 2. The van der Waals surface area contributed by atoms with Crippen molar-refractivity contribution < 1.29 is 22.4 Å². The van der Waals surface area contributed by atoms with Gasteiger partial charge in [0.25, 0.3) is 0 Å². The minimum atomic E-state index is -3.58. The van der Waals surface area contributed by atoms with Crippen LogP contribution in [0, 0.1) is 0 Å². The second-order valence-corrected chi connectivity index (χ2v) is 9.21. The predicted octanol–water partition coefficient (Wildman–Crippen LogP) is 4.10. The van der Waals surface area contributed by atoms with Gasteiger partial charge in [-0.1, -0.05) is 30.3 Å². The highest BCUT2D eigenvalue weighted by molar-refractivity contribution is 7.89. The summed E-state index contributed by atoms with van der Waals surface area (Å²) in [7, 11) is -0.645. The molecular weight excluding hydrogens is 416 g/mol. The molecule has 2 aromatic carbocycles. The molecule has 0 radical (unpaired) electrons. The van der Waals surface area contributed by atoms with Crippen LogP contribution in [-0.2, 0) is 21.4 Å². The van der Waals surface area contributed by atoms with E-state index in [1.807, 2.05) is 18.2 Å². The Morgan fingerprint density at radius 3 is 2.58 bits per heavy atom. The van der Waals surface area contributed by atoms with Crippen LogP contribution < -0.4 is 0 Å². The molecule has 0 aliphatic heterocycles. The molecule has 0 aliphatic rings. The van der Waals surface area contributed by atoms with Gasteiger partial charge in [-0.3, -0.25) is 0 Å². The normalized spacial score (nSPS) is 11.7. The van der Waals surface area contributed by atoms with Gasteiger partial charge in [-0.2, -0.15) is 0 Å². The van der Waals surface area contributed by atoms with Gasteiger partial charge in [0.1, 0.15) is 12.3 Å². The lowest BCUT2D eigenvalue weighted by atomic mass is 10.1. The zero-order valence-electron chi connectivity index (χ0n) is 17.0. The Hall–Kier alpha value is -3.49. The van der Waals surface area contributed by atoms with Crippen LogP contribution in [0.3, 0.4) is 0 Å². The van der Waals surface area contributed by atoms with Crippen molar-refractivity contribution in [2.24, 2.45) is 0 Å². The highest BCUT2D eigenvalue weighted by atomic mass is 32.2. The van der Waals surface area contributed by atoms with Crippen molar-refractivity contribution in [1.29, 1.82) is 0 Å². The fourth-order valence-corrected chi connectivity index (χ4v) is 4.10.